The minimum absolute atomic E-state index is 0.333. The van der Waals surface area contributed by atoms with Gasteiger partial charge in [-0.3, -0.25) is 4.79 Å². The minimum Gasteiger partial charge on any atom is -0.371 e. The maximum atomic E-state index is 13.1. The van der Waals surface area contributed by atoms with E-state index in [1.165, 1.54) is 0 Å². The van der Waals surface area contributed by atoms with Crippen molar-refractivity contribution in [1.29, 1.82) is 0 Å². The van der Waals surface area contributed by atoms with Crippen molar-refractivity contribution in [3.8, 4) is 0 Å². The maximum Gasteiger partial charge on any atom is 0.417 e. The molecule has 0 unspecified atom stereocenters. The van der Waals surface area contributed by atoms with Crippen LogP contribution in [0.5, 0.6) is 0 Å². The summed E-state index contributed by atoms with van der Waals surface area (Å²) in [6.07, 6.45) is -2.87. The Hall–Kier alpha value is -2.28. The summed E-state index contributed by atoms with van der Waals surface area (Å²) in [6, 6.07) is 9.67. The first-order chi connectivity index (χ1) is 12.4. The highest BCUT2D eigenvalue weighted by Gasteiger charge is 2.37. The van der Waals surface area contributed by atoms with Crippen LogP contribution in [0.1, 0.15) is 30.0 Å². The highest BCUT2D eigenvalue weighted by Crippen LogP contribution is 2.37. The van der Waals surface area contributed by atoms with E-state index < -0.39 is 23.3 Å². The molecule has 1 aromatic heterocycles. The van der Waals surface area contributed by atoms with Crippen molar-refractivity contribution < 1.29 is 17.9 Å². The van der Waals surface area contributed by atoms with Gasteiger partial charge in [-0.15, -0.1) is 0 Å². The summed E-state index contributed by atoms with van der Waals surface area (Å²) in [4.78, 5) is 15.9. The third-order valence-corrected chi connectivity index (χ3v) is 4.45. The van der Waals surface area contributed by atoms with E-state index in [0.717, 1.165) is 16.3 Å². The average Bonchev–Trinajstić information content (AvgIpc) is 2.57. The SMILES string of the molecule is O=c1c(N=C=S)cc(C(F)(F)F)cn1[C@@H]1CC[C@H]1OCc1ccccc1. The Morgan fingerprint density at radius 3 is 2.58 bits per heavy atom. The molecule has 1 aliphatic carbocycles. The van der Waals surface area contributed by atoms with Gasteiger partial charge in [-0.25, -0.2) is 0 Å². The number of ether oxygens (including phenoxy) is 1. The van der Waals surface area contributed by atoms with Gasteiger partial charge in [0.05, 0.1) is 29.5 Å². The van der Waals surface area contributed by atoms with E-state index in [2.05, 4.69) is 17.2 Å². The van der Waals surface area contributed by atoms with Gasteiger partial charge in [0.25, 0.3) is 5.56 Å². The zero-order valence-electron chi connectivity index (χ0n) is 13.6. The summed E-state index contributed by atoms with van der Waals surface area (Å²) in [5.41, 5.74) is -0.993. The molecule has 8 heteroatoms. The van der Waals surface area contributed by atoms with E-state index in [4.69, 9.17) is 4.74 Å². The number of halogens is 3. The Morgan fingerprint density at radius 2 is 2.00 bits per heavy atom. The van der Waals surface area contributed by atoms with E-state index >= 15 is 0 Å². The van der Waals surface area contributed by atoms with Crippen molar-refractivity contribution in [3.63, 3.8) is 0 Å². The lowest BCUT2D eigenvalue weighted by Gasteiger charge is -2.38. The van der Waals surface area contributed by atoms with Crippen LogP contribution in [0.4, 0.5) is 18.9 Å². The van der Waals surface area contributed by atoms with Crippen molar-refractivity contribution in [3.05, 3.63) is 64.1 Å². The van der Waals surface area contributed by atoms with Gasteiger partial charge in [0, 0.05) is 6.20 Å². The topological polar surface area (TPSA) is 43.6 Å². The molecule has 0 spiro atoms. The van der Waals surface area contributed by atoms with Gasteiger partial charge in [0.2, 0.25) is 0 Å². The van der Waals surface area contributed by atoms with Crippen molar-refractivity contribution in [1.82, 2.24) is 4.57 Å². The Bertz CT molecular complexity index is 890. The van der Waals surface area contributed by atoms with Gasteiger partial charge in [0.15, 0.2) is 0 Å². The third kappa shape index (κ3) is 3.93. The molecule has 136 valence electrons. The quantitative estimate of drug-likeness (QED) is 0.566. The van der Waals surface area contributed by atoms with E-state index in [1.807, 2.05) is 35.5 Å². The molecule has 0 amide bonds. The number of nitrogens with zero attached hydrogens (tertiary/aromatic N) is 2. The van der Waals surface area contributed by atoms with Crippen LogP contribution in [-0.4, -0.2) is 15.8 Å². The predicted molar refractivity (Wildman–Crippen MR) is 93.7 cm³/mol. The van der Waals surface area contributed by atoms with Crippen LogP contribution in [0.3, 0.4) is 0 Å². The summed E-state index contributed by atoms with van der Waals surface area (Å²) in [7, 11) is 0. The fourth-order valence-corrected chi connectivity index (χ4v) is 2.96. The molecule has 0 saturated heterocycles. The molecular weight excluding hydrogens is 365 g/mol. The molecule has 0 aliphatic heterocycles. The third-order valence-electron chi connectivity index (χ3n) is 4.36. The van der Waals surface area contributed by atoms with Gasteiger partial charge in [0.1, 0.15) is 5.69 Å². The summed E-state index contributed by atoms with van der Waals surface area (Å²) in [6.45, 7) is 0.334. The number of aromatic nitrogens is 1. The Kier molecular flexibility index (Phi) is 5.36. The minimum atomic E-state index is -4.59. The molecule has 2 atom stereocenters. The number of alkyl halides is 3. The highest BCUT2D eigenvalue weighted by molar-refractivity contribution is 7.78. The molecule has 1 heterocycles. The Labute approximate surface area is 152 Å². The lowest BCUT2D eigenvalue weighted by Crippen LogP contribution is -2.41. The fourth-order valence-electron chi connectivity index (χ4n) is 2.86. The number of benzene rings is 1. The van der Waals surface area contributed by atoms with Gasteiger partial charge in [-0.1, -0.05) is 30.3 Å². The Balaban J connectivity index is 1.86. The molecule has 26 heavy (non-hydrogen) atoms. The lowest BCUT2D eigenvalue weighted by molar-refractivity contribution is -0.138. The second-order valence-electron chi connectivity index (χ2n) is 6.01. The lowest BCUT2D eigenvalue weighted by atomic mass is 9.88. The van der Waals surface area contributed by atoms with E-state index in [-0.39, 0.29) is 11.8 Å². The van der Waals surface area contributed by atoms with Crippen molar-refractivity contribution in [2.24, 2.45) is 4.99 Å². The first-order valence-electron chi connectivity index (χ1n) is 7.97. The molecule has 3 rings (SSSR count). The largest absolute Gasteiger partial charge is 0.417 e. The number of isothiocyanates is 1. The molecule has 1 aromatic carbocycles. The van der Waals surface area contributed by atoms with Crippen LogP contribution in [0.2, 0.25) is 0 Å². The van der Waals surface area contributed by atoms with Crippen LogP contribution in [0.25, 0.3) is 0 Å². The van der Waals surface area contributed by atoms with Gasteiger partial charge in [-0.2, -0.15) is 18.2 Å². The second-order valence-corrected chi connectivity index (χ2v) is 6.19. The normalized spacial score (nSPS) is 19.5. The molecule has 1 aliphatic rings. The van der Waals surface area contributed by atoms with Crippen molar-refractivity contribution >= 4 is 23.1 Å². The molecule has 4 nitrogen and oxygen atoms in total. The summed E-state index contributed by atoms with van der Waals surface area (Å²) in [5, 5.41) is 1.96. The van der Waals surface area contributed by atoms with Crippen LogP contribution in [0, 0.1) is 0 Å². The first kappa shape index (κ1) is 18.5. The monoisotopic (exact) mass is 380 g/mol. The molecule has 0 N–H and O–H groups in total. The van der Waals surface area contributed by atoms with Gasteiger partial charge < -0.3 is 9.30 Å². The summed E-state index contributed by atoms with van der Waals surface area (Å²) < 4.78 is 46.3. The molecule has 0 radical (unpaired) electrons. The smallest absolute Gasteiger partial charge is 0.371 e. The maximum absolute atomic E-state index is 13.1. The fraction of sp³-hybridized carbons (Fsp3) is 0.333. The van der Waals surface area contributed by atoms with Crippen LogP contribution in [0.15, 0.2) is 52.4 Å². The predicted octanol–water partition coefficient (Wildman–Crippen LogP) is 4.52. The molecule has 1 fully saturated rings. The van der Waals surface area contributed by atoms with Crippen LogP contribution >= 0.6 is 12.2 Å². The first-order valence-corrected chi connectivity index (χ1v) is 8.38. The number of pyridine rings is 1. The van der Waals surface area contributed by atoms with Crippen LogP contribution in [-0.2, 0) is 17.5 Å². The number of thiocarbonyl (C=S) groups is 1. The number of rotatable bonds is 5. The Morgan fingerprint density at radius 1 is 1.27 bits per heavy atom. The van der Waals surface area contributed by atoms with Crippen molar-refractivity contribution in [2.45, 2.75) is 37.8 Å². The molecular formula is C18H15F3N2O2S. The molecule has 1 saturated carbocycles. The standard InChI is InChI=1S/C18H15F3N2O2S/c19-18(20,21)13-8-14(22-11-26)17(24)23(9-13)15-6-7-16(15)25-10-12-4-2-1-3-5-12/h1-5,8-9,15-16H,6-7,10H2/t15-,16-/m1/s1. The number of hydrogen-bond donors (Lipinski definition) is 0. The summed E-state index contributed by atoms with van der Waals surface area (Å²) in [5.74, 6) is 0. The zero-order chi connectivity index (χ0) is 18.7. The molecule has 2 aromatic rings. The molecule has 0 bridgehead atoms. The average molecular weight is 380 g/mol. The van der Waals surface area contributed by atoms with E-state index in [0.29, 0.717) is 25.5 Å². The second kappa shape index (κ2) is 7.53. The number of aliphatic imine (C=N–C) groups is 1. The van der Waals surface area contributed by atoms with E-state index in [9.17, 15) is 18.0 Å². The van der Waals surface area contributed by atoms with Gasteiger partial charge in [-0.05, 0) is 36.7 Å². The van der Waals surface area contributed by atoms with Gasteiger partial charge >= 0.3 is 6.18 Å². The highest BCUT2D eigenvalue weighted by atomic mass is 32.1. The number of hydrogen-bond acceptors (Lipinski definition) is 4. The van der Waals surface area contributed by atoms with Crippen molar-refractivity contribution in [2.75, 3.05) is 0 Å². The van der Waals surface area contributed by atoms with E-state index in [1.54, 1.807) is 0 Å². The summed E-state index contributed by atoms with van der Waals surface area (Å²) >= 11 is 4.43. The van der Waals surface area contributed by atoms with Crippen LogP contribution < -0.4 is 5.56 Å². The zero-order valence-corrected chi connectivity index (χ0v) is 14.4.